The molecule has 0 aliphatic carbocycles. The van der Waals surface area contributed by atoms with Gasteiger partial charge in [-0.15, -0.1) is 11.8 Å². The molecule has 2 N–H and O–H groups in total. The number of rotatable bonds is 6. The fraction of sp³-hybridized carbons (Fsp3) is 0.727. The maximum Gasteiger partial charge on any atom is 0.0625 e. The molecule has 0 fully saturated rings. The molecule has 86 valence electrons. The molecule has 0 radical (unpaired) electrons. The summed E-state index contributed by atoms with van der Waals surface area (Å²) in [4.78, 5) is 1.25. The highest BCUT2D eigenvalue weighted by Crippen LogP contribution is 2.24. The van der Waals surface area contributed by atoms with Gasteiger partial charge in [-0.1, -0.05) is 13.8 Å². The van der Waals surface area contributed by atoms with Crippen molar-refractivity contribution >= 4 is 11.8 Å². The minimum Gasteiger partial charge on any atom is -0.330 e. The van der Waals surface area contributed by atoms with Gasteiger partial charge in [-0.3, -0.25) is 4.68 Å². The summed E-state index contributed by atoms with van der Waals surface area (Å²) >= 11 is 1.87. The number of aryl methyl sites for hydroxylation is 1. The zero-order valence-electron chi connectivity index (χ0n) is 9.86. The summed E-state index contributed by atoms with van der Waals surface area (Å²) in [5.74, 6) is 1.15. The molecule has 1 aromatic heterocycles. The van der Waals surface area contributed by atoms with Crippen LogP contribution in [-0.2, 0) is 7.05 Å². The van der Waals surface area contributed by atoms with Crippen LogP contribution in [0.5, 0.6) is 0 Å². The van der Waals surface area contributed by atoms with E-state index in [2.05, 4.69) is 25.1 Å². The molecule has 0 saturated carbocycles. The first-order valence-corrected chi connectivity index (χ1v) is 6.33. The lowest BCUT2D eigenvalue weighted by Gasteiger charge is -2.21. The van der Waals surface area contributed by atoms with Crippen LogP contribution in [0.2, 0.25) is 0 Å². The van der Waals surface area contributed by atoms with Crippen LogP contribution in [0.15, 0.2) is 17.3 Å². The molecule has 15 heavy (non-hydrogen) atoms. The zero-order chi connectivity index (χ0) is 11.3. The van der Waals surface area contributed by atoms with Crippen LogP contribution in [0.4, 0.5) is 0 Å². The molecule has 0 aliphatic heterocycles. The third kappa shape index (κ3) is 4.71. The summed E-state index contributed by atoms with van der Waals surface area (Å²) in [6.45, 7) is 5.22. The highest BCUT2D eigenvalue weighted by atomic mass is 32.2. The smallest absolute Gasteiger partial charge is 0.0625 e. The highest BCUT2D eigenvalue weighted by molar-refractivity contribution is 7.99. The molecular weight excluding hydrogens is 206 g/mol. The van der Waals surface area contributed by atoms with Crippen molar-refractivity contribution < 1.29 is 0 Å². The van der Waals surface area contributed by atoms with Crippen molar-refractivity contribution in [2.45, 2.75) is 31.6 Å². The maximum atomic E-state index is 5.68. The number of hydrogen-bond acceptors (Lipinski definition) is 3. The topological polar surface area (TPSA) is 43.8 Å². The molecule has 1 aromatic rings. The van der Waals surface area contributed by atoms with Gasteiger partial charge in [-0.25, -0.2) is 0 Å². The zero-order valence-corrected chi connectivity index (χ0v) is 10.7. The SMILES string of the molecule is Cn1cc(SCCCC(C)(C)CN)cn1. The van der Waals surface area contributed by atoms with E-state index in [0.717, 1.165) is 12.3 Å². The predicted molar refractivity (Wildman–Crippen MR) is 66.0 cm³/mol. The second-order valence-electron chi connectivity index (χ2n) is 4.67. The van der Waals surface area contributed by atoms with Crippen molar-refractivity contribution in [3.8, 4) is 0 Å². The van der Waals surface area contributed by atoms with Crippen molar-refractivity contribution in [3.63, 3.8) is 0 Å². The van der Waals surface area contributed by atoms with Crippen molar-refractivity contribution in [2.24, 2.45) is 18.2 Å². The summed E-state index contributed by atoms with van der Waals surface area (Å²) in [6, 6.07) is 0. The number of nitrogens with zero attached hydrogens (tertiary/aromatic N) is 2. The van der Waals surface area contributed by atoms with Crippen LogP contribution in [-0.4, -0.2) is 22.1 Å². The normalized spacial score (nSPS) is 12.0. The molecule has 0 unspecified atom stereocenters. The first-order chi connectivity index (χ1) is 7.03. The van der Waals surface area contributed by atoms with E-state index in [1.807, 2.05) is 29.7 Å². The lowest BCUT2D eigenvalue weighted by Crippen LogP contribution is -2.23. The Hall–Kier alpha value is -0.480. The maximum absolute atomic E-state index is 5.68. The van der Waals surface area contributed by atoms with Crippen LogP contribution in [0.3, 0.4) is 0 Å². The third-order valence-corrected chi connectivity index (χ3v) is 3.54. The van der Waals surface area contributed by atoms with Crippen LogP contribution in [0, 0.1) is 5.41 Å². The quantitative estimate of drug-likeness (QED) is 0.599. The van der Waals surface area contributed by atoms with Gasteiger partial charge < -0.3 is 5.73 Å². The van der Waals surface area contributed by atoms with E-state index >= 15 is 0 Å². The second kappa shape index (κ2) is 5.56. The molecular formula is C11H21N3S. The summed E-state index contributed by atoms with van der Waals surface area (Å²) < 4.78 is 1.84. The van der Waals surface area contributed by atoms with Crippen LogP contribution in [0.1, 0.15) is 26.7 Å². The lowest BCUT2D eigenvalue weighted by atomic mass is 9.88. The first-order valence-electron chi connectivity index (χ1n) is 5.35. The molecule has 1 heterocycles. The van der Waals surface area contributed by atoms with E-state index < -0.39 is 0 Å². The van der Waals surface area contributed by atoms with E-state index in [1.165, 1.54) is 17.7 Å². The van der Waals surface area contributed by atoms with Crippen LogP contribution >= 0.6 is 11.8 Å². The van der Waals surface area contributed by atoms with Gasteiger partial charge in [0.05, 0.1) is 6.20 Å². The largest absolute Gasteiger partial charge is 0.330 e. The summed E-state index contributed by atoms with van der Waals surface area (Å²) in [5, 5.41) is 4.14. The molecule has 0 aliphatic rings. The molecule has 4 heteroatoms. The van der Waals surface area contributed by atoms with Gasteiger partial charge in [0.1, 0.15) is 0 Å². The molecule has 0 amide bonds. The molecule has 0 aromatic carbocycles. The third-order valence-electron chi connectivity index (χ3n) is 2.50. The predicted octanol–water partition coefficient (Wildman–Crippen LogP) is 2.28. The van der Waals surface area contributed by atoms with Crippen molar-refractivity contribution in [1.29, 1.82) is 0 Å². The van der Waals surface area contributed by atoms with Gasteiger partial charge in [0.15, 0.2) is 0 Å². The fourth-order valence-electron chi connectivity index (χ4n) is 1.32. The van der Waals surface area contributed by atoms with E-state index in [9.17, 15) is 0 Å². The molecule has 0 spiro atoms. The molecule has 1 rings (SSSR count). The minimum atomic E-state index is 0.287. The Kier molecular flexibility index (Phi) is 4.67. The van der Waals surface area contributed by atoms with Gasteiger partial charge in [-0.05, 0) is 30.6 Å². The number of hydrogen-bond donors (Lipinski definition) is 1. The van der Waals surface area contributed by atoms with Gasteiger partial charge in [0, 0.05) is 18.1 Å². The number of thioether (sulfide) groups is 1. The Morgan fingerprint density at radius 2 is 2.27 bits per heavy atom. The second-order valence-corrected chi connectivity index (χ2v) is 5.84. The molecule has 0 bridgehead atoms. The Bertz CT molecular complexity index is 294. The Labute approximate surface area is 96.4 Å². The number of nitrogens with two attached hydrogens (primary N) is 1. The fourth-order valence-corrected chi connectivity index (χ4v) is 2.19. The molecule has 0 saturated heterocycles. The average molecular weight is 227 g/mol. The summed E-state index contributed by atoms with van der Waals surface area (Å²) in [5.41, 5.74) is 5.97. The van der Waals surface area contributed by atoms with E-state index in [1.54, 1.807) is 0 Å². The average Bonchev–Trinajstić information content (AvgIpc) is 2.59. The van der Waals surface area contributed by atoms with Crippen molar-refractivity contribution in [3.05, 3.63) is 12.4 Å². The Morgan fingerprint density at radius 3 is 2.80 bits per heavy atom. The van der Waals surface area contributed by atoms with E-state index in [4.69, 9.17) is 5.73 Å². The van der Waals surface area contributed by atoms with Crippen molar-refractivity contribution in [2.75, 3.05) is 12.3 Å². The number of aromatic nitrogens is 2. The van der Waals surface area contributed by atoms with Gasteiger partial charge in [-0.2, -0.15) is 5.10 Å². The molecule has 0 atom stereocenters. The van der Waals surface area contributed by atoms with Gasteiger partial charge >= 0.3 is 0 Å². The Balaban J connectivity index is 2.17. The van der Waals surface area contributed by atoms with Crippen LogP contribution < -0.4 is 5.73 Å². The van der Waals surface area contributed by atoms with E-state index in [-0.39, 0.29) is 5.41 Å². The van der Waals surface area contributed by atoms with E-state index in [0.29, 0.717) is 0 Å². The van der Waals surface area contributed by atoms with Gasteiger partial charge in [0.25, 0.3) is 0 Å². The summed E-state index contributed by atoms with van der Waals surface area (Å²) in [6.07, 6.45) is 6.37. The van der Waals surface area contributed by atoms with Gasteiger partial charge in [0.2, 0.25) is 0 Å². The Morgan fingerprint density at radius 1 is 1.53 bits per heavy atom. The summed E-state index contributed by atoms with van der Waals surface area (Å²) in [7, 11) is 1.95. The van der Waals surface area contributed by atoms with Crippen molar-refractivity contribution in [1.82, 2.24) is 9.78 Å². The standard InChI is InChI=1S/C11H21N3S/c1-11(2,9-12)5-4-6-15-10-7-13-14(3)8-10/h7-8H,4-6,9,12H2,1-3H3. The minimum absolute atomic E-state index is 0.287. The van der Waals surface area contributed by atoms with Crippen LogP contribution in [0.25, 0.3) is 0 Å². The highest BCUT2D eigenvalue weighted by Gasteiger charge is 2.14. The monoisotopic (exact) mass is 227 g/mol. The molecule has 3 nitrogen and oxygen atoms in total. The first kappa shape index (κ1) is 12.6. The lowest BCUT2D eigenvalue weighted by molar-refractivity contribution is 0.345.